The van der Waals surface area contributed by atoms with E-state index in [-0.39, 0.29) is 11.9 Å². The van der Waals surface area contributed by atoms with Gasteiger partial charge in [0.1, 0.15) is 0 Å². The second-order valence-electron chi connectivity index (χ2n) is 6.73. The van der Waals surface area contributed by atoms with Gasteiger partial charge in [-0.25, -0.2) is 8.42 Å². The van der Waals surface area contributed by atoms with E-state index < -0.39 is 10.0 Å². The highest BCUT2D eigenvalue weighted by molar-refractivity contribution is 7.88. The molecule has 0 radical (unpaired) electrons. The van der Waals surface area contributed by atoms with Gasteiger partial charge in [0.25, 0.3) is 0 Å². The average Bonchev–Trinajstić information content (AvgIpc) is 2.37. The fourth-order valence-electron chi connectivity index (χ4n) is 2.65. The quantitative estimate of drug-likeness (QED) is 0.716. The number of nitrogens with zero attached hydrogens (tertiary/aromatic N) is 2. The van der Waals surface area contributed by atoms with Crippen LogP contribution in [0.15, 0.2) is 0 Å². The van der Waals surface area contributed by atoms with Gasteiger partial charge in [0.2, 0.25) is 15.9 Å². The Kier molecular flexibility index (Phi) is 7.79. The van der Waals surface area contributed by atoms with Crippen LogP contribution in [0.5, 0.6) is 0 Å². The molecule has 130 valence electrons. The van der Waals surface area contributed by atoms with Gasteiger partial charge < -0.3 is 5.32 Å². The molecule has 0 aromatic carbocycles. The summed E-state index contributed by atoms with van der Waals surface area (Å²) in [7, 11) is -3.11. The van der Waals surface area contributed by atoms with Crippen molar-refractivity contribution >= 4 is 15.9 Å². The molecule has 1 heterocycles. The van der Waals surface area contributed by atoms with Gasteiger partial charge in [-0.05, 0) is 19.3 Å². The van der Waals surface area contributed by atoms with Crippen molar-refractivity contribution in [3.63, 3.8) is 0 Å². The summed E-state index contributed by atoms with van der Waals surface area (Å²) in [6, 6.07) is 0.198. The van der Waals surface area contributed by atoms with Gasteiger partial charge in [0, 0.05) is 32.2 Å². The van der Waals surface area contributed by atoms with Crippen LogP contribution < -0.4 is 5.32 Å². The van der Waals surface area contributed by atoms with Crippen molar-refractivity contribution in [3.8, 4) is 0 Å². The molecule has 1 amide bonds. The predicted octanol–water partition coefficient (Wildman–Crippen LogP) is 0.895. The lowest BCUT2D eigenvalue weighted by molar-refractivity contribution is -0.123. The number of amides is 1. The minimum absolute atomic E-state index is 0.0323. The monoisotopic (exact) mass is 333 g/mol. The Hall–Kier alpha value is -0.660. The molecule has 0 aromatic rings. The number of carbonyl (C=O) groups is 1. The van der Waals surface area contributed by atoms with E-state index in [1.165, 1.54) is 17.0 Å². The maximum Gasteiger partial charge on any atom is 0.234 e. The smallest absolute Gasteiger partial charge is 0.234 e. The van der Waals surface area contributed by atoms with Gasteiger partial charge in [-0.3, -0.25) is 9.69 Å². The molecule has 0 saturated carbocycles. The zero-order chi connectivity index (χ0) is 16.8. The van der Waals surface area contributed by atoms with Gasteiger partial charge in [0.05, 0.1) is 12.8 Å². The zero-order valence-electron chi connectivity index (χ0n) is 14.3. The number of piperazine rings is 1. The van der Waals surface area contributed by atoms with E-state index in [1.54, 1.807) is 0 Å². The molecule has 1 aliphatic heterocycles. The Labute approximate surface area is 135 Å². The minimum Gasteiger partial charge on any atom is -0.353 e. The van der Waals surface area contributed by atoms with Crippen LogP contribution in [-0.4, -0.2) is 68.6 Å². The lowest BCUT2D eigenvalue weighted by atomic mass is 10.0. The van der Waals surface area contributed by atoms with Gasteiger partial charge in [-0.1, -0.05) is 26.7 Å². The van der Waals surface area contributed by atoms with Gasteiger partial charge >= 0.3 is 0 Å². The zero-order valence-corrected chi connectivity index (χ0v) is 15.2. The number of carbonyl (C=O) groups excluding carboxylic acids is 1. The van der Waals surface area contributed by atoms with Crippen LogP contribution >= 0.6 is 0 Å². The molecule has 1 N–H and O–H groups in total. The first-order valence-electron chi connectivity index (χ1n) is 8.15. The van der Waals surface area contributed by atoms with Crippen molar-refractivity contribution in [1.29, 1.82) is 0 Å². The number of hydrogen-bond acceptors (Lipinski definition) is 4. The van der Waals surface area contributed by atoms with Crippen molar-refractivity contribution in [1.82, 2.24) is 14.5 Å². The highest BCUT2D eigenvalue weighted by Crippen LogP contribution is 2.09. The van der Waals surface area contributed by atoms with Crippen LogP contribution in [0.25, 0.3) is 0 Å². The van der Waals surface area contributed by atoms with Crippen LogP contribution in [-0.2, 0) is 14.8 Å². The molecular formula is C15H31N3O3S. The molecule has 22 heavy (non-hydrogen) atoms. The van der Waals surface area contributed by atoms with Crippen molar-refractivity contribution in [2.24, 2.45) is 5.92 Å². The summed E-state index contributed by atoms with van der Waals surface area (Å²) < 4.78 is 24.3. The molecule has 1 saturated heterocycles. The first-order chi connectivity index (χ1) is 10.2. The van der Waals surface area contributed by atoms with Gasteiger partial charge in [0.15, 0.2) is 0 Å². The molecule has 0 unspecified atom stereocenters. The van der Waals surface area contributed by atoms with E-state index in [9.17, 15) is 13.2 Å². The van der Waals surface area contributed by atoms with E-state index in [4.69, 9.17) is 0 Å². The van der Waals surface area contributed by atoms with E-state index in [1.807, 2.05) is 11.8 Å². The molecule has 1 fully saturated rings. The summed E-state index contributed by atoms with van der Waals surface area (Å²) in [4.78, 5) is 14.0. The summed E-state index contributed by atoms with van der Waals surface area (Å²) in [6.45, 7) is 8.97. The fraction of sp³-hybridized carbons (Fsp3) is 0.933. The van der Waals surface area contributed by atoms with Crippen LogP contribution in [0.1, 0.15) is 40.0 Å². The summed E-state index contributed by atoms with van der Waals surface area (Å²) in [5, 5.41) is 3.03. The Morgan fingerprint density at radius 2 is 1.68 bits per heavy atom. The first-order valence-corrected chi connectivity index (χ1v) is 10.00. The topological polar surface area (TPSA) is 69.7 Å². The van der Waals surface area contributed by atoms with Crippen LogP contribution in [0.3, 0.4) is 0 Å². The fourth-order valence-corrected chi connectivity index (χ4v) is 3.47. The molecule has 0 aliphatic carbocycles. The van der Waals surface area contributed by atoms with Crippen LogP contribution in [0, 0.1) is 5.92 Å². The largest absolute Gasteiger partial charge is 0.353 e. The van der Waals surface area contributed by atoms with E-state index in [0.29, 0.717) is 38.6 Å². The number of sulfonamides is 1. The Balaban J connectivity index is 2.23. The summed E-state index contributed by atoms with van der Waals surface area (Å²) >= 11 is 0. The standard InChI is InChI=1S/C15H31N3O3S/c1-13(2)6-5-7-14(3)16-15(19)12-17-8-10-18(11-9-17)22(4,20)21/h13-14H,5-12H2,1-4H3,(H,16,19)/t14-/m1/s1. The molecule has 1 atom stereocenters. The number of hydrogen-bond donors (Lipinski definition) is 1. The highest BCUT2D eigenvalue weighted by atomic mass is 32.2. The maximum atomic E-state index is 12.0. The van der Waals surface area contributed by atoms with Crippen LogP contribution in [0.4, 0.5) is 0 Å². The Bertz CT molecular complexity index is 443. The molecule has 1 aliphatic rings. The predicted molar refractivity (Wildman–Crippen MR) is 89.2 cm³/mol. The molecule has 0 aromatic heterocycles. The molecule has 0 bridgehead atoms. The highest BCUT2D eigenvalue weighted by Gasteiger charge is 2.24. The summed E-state index contributed by atoms with van der Waals surface area (Å²) in [5.41, 5.74) is 0. The maximum absolute atomic E-state index is 12.0. The third-order valence-corrected chi connectivity index (χ3v) is 5.30. The normalized spacial score (nSPS) is 19.3. The minimum atomic E-state index is -3.11. The SMILES string of the molecule is CC(C)CCC[C@@H](C)NC(=O)CN1CCN(S(C)(=O)=O)CC1. The van der Waals surface area contributed by atoms with Crippen molar-refractivity contribution < 1.29 is 13.2 Å². The lowest BCUT2D eigenvalue weighted by Gasteiger charge is -2.32. The molecular weight excluding hydrogens is 302 g/mol. The molecule has 0 spiro atoms. The van der Waals surface area contributed by atoms with Gasteiger partial charge in [-0.2, -0.15) is 4.31 Å². The molecule has 7 heteroatoms. The second-order valence-corrected chi connectivity index (χ2v) is 8.71. The second kappa shape index (κ2) is 8.84. The van der Waals surface area contributed by atoms with Crippen molar-refractivity contribution in [3.05, 3.63) is 0 Å². The lowest BCUT2D eigenvalue weighted by Crippen LogP contribution is -2.51. The Morgan fingerprint density at radius 3 is 2.18 bits per heavy atom. The number of nitrogens with one attached hydrogen (secondary N) is 1. The van der Waals surface area contributed by atoms with E-state index >= 15 is 0 Å². The third-order valence-electron chi connectivity index (χ3n) is 3.99. The summed E-state index contributed by atoms with van der Waals surface area (Å²) in [6.07, 6.45) is 4.56. The molecule has 6 nitrogen and oxygen atoms in total. The third kappa shape index (κ3) is 7.56. The van der Waals surface area contributed by atoms with E-state index in [2.05, 4.69) is 19.2 Å². The Morgan fingerprint density at radius 1 is 1.09 bits per heavy atom. The molecule has 1 rings (SSSR count). The summed E-state index contributed by atoms with van der Waals surface area (Å²) in [5.74, 6) is 0.735. The van der Waals surface area contributed by atoms with E-state index in [0.717, 1.165) is 12.8 Å². The van der Waals surface area contributed by atoms with Gasteiger partial charge in [-0.15, -0.1) is 0 Å². The van der Waals surface area contributed by atoms with Crippen LogP contribution in [0.2, 0.25) is 0 Å². The first kappa shape index (κ1) is 19.4. The van der Waals surface area contributed by atoms with Crippen molar-refractivity contribution in [2.75, 3.05) is 39.0 Å². The average molecular weight is 333 g/mol. The number of rotatable bonds is 8. The van der Waals surface area contributed by atoms with Crippen molar-refractivity contribution in [2.45, 2.75) is 46.1 Å².